The lowest BCUT2D eigenvalue weighted by Gasteiger charge is -2.07. The van der Waals surface area contributed by atoms with Crippen LogP contribution in [-0.4, -0.2) is 23.2 Å². The molecule has 0 bridgehead atoms. The third kappa shape index (κ3) is 1.97. The Kier molecular flexibility index (Phi) is 2.98. The first-order valence-electron chi connectivity index (χ1n) is 3.74. The summed E-state index contributed by atoms with van der Waals surface area (Å²) in [4.78, 5) is 14.0. The summed E-state index contributed by atoms with van der Waals surface area (Å²) in [5.41, 5.74) is 5.32. The number of hydrogen-bond acceptors (Lipinski definition) is 4. The van der Waals surface area contributed by atoms with Crippen molar-refractivity contribution in [3.63, 3.8) is 0 Å². The number of methoxy groups -OCH3 is 1. The van der Waals surface area contributed by atoms with Crippen LogP contribution in [0.25, 0.3) is 0 Å². The normalized spacial score (nSPS) is 12.2. The molecule has 3 N–H and O–H groups in total. The highest BCUT2D eigenvalue weighted by atomic mass is 19.1. The van der Waals surface area contributed by atoms with E-state index in [2.05, 4.69) is 9.72 Å². The van der Waals surface area contributed by atoms with Crippen molar-refractivity contribution in [1.82, 2.24) is 4.98 Å². The van der Waals surface area contributed by atoms with Gasteiger partial charge >= 0.3 is 5.97 Å². The van der Waals surface area contributed by atoms with Crippen LogP contribution in [0.4, 0.5) is 4.39 Å². The Hall–Kier alpha value is -1.69. The van der Waals surface area contributed by atoms with Crippen molar-refractivity contribution in [1.29, 1.82) is 0 Å². The van der Waals surface area contributed by atoms with E-state index in [9.17, 15) is 9.18 Å². The number of carboxylic acid groups (broad SMARTS) is 1. The molecule has 0 spiro atoms. The highest BCUT2D eigenvalue weighted by Gasteiger charge is 2.17. The minimum Gasteiger partial charge on any atom is -0.494 e. The molecule has 1 unspecified atom stereocenters. The van der Waals surface area contributed by atoms with Crippen LogP contribution in [0.2, 0.25) is 0 Å². The number of carboxylic acids is 1. The van der Waals surface area contributed by atoms with Gasteiger partial charge in [-0.15, -0.1) is 0 Å². The molecule has 76 valence electrons. The summed E-state index contributed by atoms with van der Waals surface area (Å²) in [6.07, 6.45) is 0.872. The van der Waals surface area contributed by atoms with Crippen molar-refractivity contribution in [2.45, 2.75) is 6.04 Å². The van der Waals surface area contributed by atoms with Crippen LogP contribution in [0.1, 0.15) is 11.7 Å². The number of aromatic nitrogens is 1. The highest BCUT2D eigenvalue weighted by Crippen LogP contribution is 2.19. The zero-order valence-electron chi connectivity index (χ0n) is 7.40. The molecule has 0 aliphatic rings. The Morgan fingerprint density at radius 2 is 2.43 bits per heavy atom. The lowest BCUT2D eigenvalue weighted by molar-refractivity contribution is -0.138. The maximum absolute atomic E-state index is 12.9. The summed E-state index contributed by atoms with van der Waals surface area (Å²) < 4.78 is 17.5. The number of nitrogens with two attached hydrogens (primary N) is 1. The number of halogens is 1. The molecule has 1 aromatic heterocycles. The largest absolute Gasteiger partial charge is 0.494 e. The van der Waals surface area contributed by atoms with E-state index in [1.807, 2.05) is 0 Å². The summed E-state index contributed by atoms with van der Waals surface area (Å²) >= 11 is 0. The zero-order valence-corrected chi connectivity index (χ0v) is 7.40. The van der Waals surface area contributed by atoms with Gasteiger partial charge in [0, 0.05) is 6.07 Å². The van der Waals surface area contributed by atoms with Gasteiger partial charge < -0.3 is 15.6 Å². The molecule has 5 nitrogen and oxygen atoms in total. The first-order valence-corrected chi connectivity index (χ1v) is 3.74. The Morgan fingerprint density at radius 3 is 2.93 bits per heavy atom. The van der Waals surface area contributed by atoms with Crippen molar-refractivity contribution < 1.29 is 19.0 Å². The van der Waals surface area contributed by atoms with Crippen molar-refractivity contribution in [3.05, 3.63) is 23.8 Å². The van der Waals surface area contributed by atoms with Gasteiger partial charge in [-0.05, 0) is 0 Å². The highest BCUT2D eigenvalue weighted by molar-refractivity contribution is 5.74. The van der Waals surface area contributed by atoms with Gasteiger partial charge in [0.25, 0.3) is 0 Å². The number of pyridine rings is 1. The Bertz CT molecular complexity index is 356. The number of carbonyl (C=O) groups is 1. The maximum Gasteiger partial charge on any atom is 0.326 e. The molecule has 1 aromatic rings. The van der Waals surface area contributed by atoms with Crippen LogP contribution in [-0.2, 0) is 4.79 Å². The summed E-state index contributed by atoms with van der Waals surface area (Å²) in [6.45, 7) is 0. The van der Waals surface area contributed by atoms with E-state index in [1.54, 1.807) is 0 Å². The molecule has 1 rings (SSSR count). The number of hydrogen-bond donors (Lipinski definition) is 2. The molecule has 0 aromatic carbocycles. The first-order chi connectivity index (χ1) is 6.56. The van der Waals surface area contributed by atoms with Gasteiger partial charge in [0.2, 0.25) is 0 Å². The lowest BCUT2D eigenvalue weighted by Crippen LogP contribution is -2.21. The van der Waals surface area contributed by atoms with E-state index in [1.165, 1.54) is 7.11 Å². The molecule has 0 amide bonds. The molecule has 14 heavy (non-hydrogen) atoms. The van der Waals surface area contributed by atoms with E-state index < -0.39 is 17.8 Å². The van der Waals surface area contributed by atoms with Gasteiger partial charge in [0.05, 0.1) is 19.0 Å². The van der Waals surface area contributed by atoms with Crippen LogP contribution in [0.3, 0.4) is 0 Å². The number of ether oxygens (including phenoxy) is 1. The zero-order chi connectivity index (χ0) is 10.7. The molecule has 1 atom stereocenters. The van der Waals surface area contributed by atoms with Crippen LogP contribution in [0.15, 0.2) is 12.3 Å². The van der Waals surface area contributed by atoms with Crippen molar-refractivity contribution in [2.75, 3.05) is 7.11 Å². The van der Waals surface area contributed by atoms with Crippen LogP contribution < -0.4 is 10.5 Å². The van der Waals surface area contributed by atoms with E-state index >= 15 is 0 Å². The quantitative estimate of drug-likeness (QED) is 0.733. The third-order valence-electron chi connectivity index (χ3n) is 1.65. The van der Waals surface area contributed by atoms with E-state index in [-0.39, 0.29) is 11.4 Å². The van der Waals surface area contributed by atoms with Gasteiger partial charge in [-0.25, -0.2) is 4.39 Å². The summed E-state index contributed by atoms with van der Waals surface area (Å²) in [5.74, 6) is -1.97. The fourth-order valence-electron chi connectivity index (χ4n) is 0.888. The molecule has 0 saturated heterocycles. The second-order valence-electron chi connectivity index (χ2n) is 2.56. The van der Waals surface area contributed by atoms with Gasteiger partial charge in [-0.3, -0.25) is 9.78 Å². The van der Waals surface area contributed by atoms with E-state index in [4.69, 9.17) is 10.8 Å². The Balaban J connectivity index is 3.06. The van der Waals surface area contributed by atoms with Gasteiger partial charge in [-0.2, -0.15) is 0 Å². The second-order valence-corrected chi connectivity index (χ2v) is 2.56. The van der Waals surface area contributed by atoms with E-state index in [0.29, 0.717) is 0 Å². The molecular formula is C8H9FN2O3. The minimum atomic E-state index is -1.27. The first kappa shape index (κ1) is 10.4. The Labute approximate surface area is 79.3 Å². The predicted molar refractivity (Wildman–Crippen MR) is 45.3 cm³/mol. The fraction of sp³-hybridized carbons (Fsp3) is 0.250. The molecule has 0 fully saturated rings. The smallest absolute Gasteiger partial charge is 0.326 e. The number of aliphatic carboxylic acids is 1. The predicted octanol–water partition coefficient (Wildman–Crippen LogP) is 0.314. The summed E-state index contributed by atoms with van der Waals surface area (Å²) in [7, 11) is 1.27. The molecule has 0 saturated carbocycles. The molecule has 0 radical (unpaired) electrons. The van der Waals surface area contributed by atoms with Crippen molar-refractivity contribution in [2.24, 2.45) is 5.73 Å². The van der Waals surface area contributed by atoms with E-state index in [0.717, 1.165) is 12.3 Å². The molecular weight excluding hydrogens is 191 g/mol. The molecule has 0 aliphatic heterocycles. The van der Waals surface area contributed by atoms with Crippen molar-refractivity contribution >= 4 is 5.97 Å². The monoisotopic (exact) mass is 200 g/mol. The van der Waals surface area contributed by atoms with Crippen LogP contribution in [0.5, 0.6) is 5.75 Å². The molecule has 0 aliphatic carbocycles. The second kappa shape index (κ2) is 4.01. The number of nitrogens with zero attached hydrogens (tertiary/aromatic N) is 1. The summed E-state index contributed by atoms with van der Waals surface area (Å²) in [6, 6.07) is -0.113. The standard InChI is InChI=1S/C8H9FN2O3/c1-14-6-2-5(7(10)8(12)13)11-3-4(6)9/h2-3,7H,10H2,1H3,(H,12,13). The average molecular weight is 200 g/mol. The van der Waals surface area contributed by atoms with Crippen LogP contribution in [0, 0.1) is 5.82 Å². The topological polar surface area (TPSA) is 85.4 Å². The Morgan fingerprint density at radius 1 is 1.79 bits per heavy atom. The van der Waals surface area contributed by atoms with Gasteiger partial charge in [-0.1, -0.05) is 0 Å². The maximum atomic E-state index is 12.9. The SMILES string of the molecule is COc1cc(C(N)C(=O)O)ncc1F. The van der Waals surface area contributed by atoms with Gasteiger partial charge in [0.15, 0.2) is 11.6 Å². The molecule has 6 heteroatoms. The minimum absolute atomic E-state index is 0.0516. The summed E-state index contributed by atoms with van der Waals surface area (Å²) in [5, 5.41) is 8.57. The van der Waals surface area contributed by atoms with Crippen molar-refractivity contribution in [3.8, 4) is 5.75 Å². The molecule has 1 heterocycles. The third-order valence-corrected chi connectivity index (χ3v) is 1.65. The fourth-order valence-corrected chi connectivity index (χ4v) is 0.888. The average Bonchev–Trinajstić information content (AvgIpc) is 2.17. The van der Waals surface area contributed by atoms with Gasteiger partial charge in [0.1, 0.15) is 6.04 Å². The van der Waals surface area contributed by atoms with Crippen LogP contribution >= 0.6 is 0 Å². The number of rotatable bonds is 3. The lowest BCUT2D eigenvalue weighted by atomic mass is 10.2.